The Hall–Kier alpha value is -2.73. The van der Waals surface area contributed by atoms with E-state index in [-0.39, 0.29) is 21.9 Å². The third kappa shape index (κ3) is 2.33. The summed E-state index contributed by atoms with van der Waals surface area (Å²) in [6.07, 6.45) is 2.50. The molecule has 0 unspecified atom stereocenters. The second kappa shape index (κ2) is 5.57. The van der Waals surface area contributed by atoms with E-state index in [2.05, 4.69) is 15.5 Å². The van der Waals surface area contributed by atoms with Gasteiger partial charge < -0.3 is 10.1 Å². The van der Waals surface area contributed by atoms with Gasteiger partial charge >= 0.3 is 0 Å². The van der Waals surface area contributed by atoms with Gasteiger partial charge in [0.1, 0.15) is 16.5 Å². The molecule has 0 saturated heterocycles. The highest BCUT2D eigenvalue weighted by Gasteiger charge is 2.32. The number of anilines is 1. The normalized spacial score (nSPS) is 13.9. The van der Waals surface area contributed by atoms with Crippen LogP contribution in [0.5, 0.6) is 5.75 Å². The summed E-state index contributed by atoms with van der Waals surface area (Å²) in [5.74, 6) is -0.176. The number of ether oxygens (including phenoxy) is 1. The van der Waals surface area contributed by atoms with Crippen LogP contribution in [0.3, 0.4) is 0 Å². The van der Waals surface area contributed by atoms with Crippen LogP contribution in [0.15, 0.2) is 47.4 Å². The number of aromatic nitrogens is 2. The largest absolute Gasteiger partial charge is 0.497 e. The quantitative estimate of drug-likeness (QED) is 0.937. The van der Waals surface area contributed by atoms with Gasteiger partial charge in [-0.25, -0.2) is 0 Å². The molecule has 0 atom stereocenters. The van der Waals surface area contributed by atoms with Gasteiger partial charge in [-0.3, -0.25) is 9.59 Å². The number of nitrogens with zero attached hydrogens (tertiary/aromatic N) is 2. The third-order valence-corrected chi connectivity index (χ3v) is 3.59. The molecule has 1 heterocycles. The number of benzene rings is 1. The van der Waals surface area contributed by atoms with Gasteiger partial charge in [0.05, 0.1) is 30.6 Å². The standard InChI is InChI=1S/C15H10ClN3O3/c1-22-9-4-2-8(3-5-9)19-13-12(16)14(20)10-6-17-18-7-11(10)15(13)21/h2-7,19H,1H3. The predicted octanol–water partition coefficient (Wildman–Crippen LogP) is 2.43. The zero-order valence-corrected chi connectivity index (χ0v) is 12.2. The lowest BCUT2D eigenvalue weighted by Gasteiger charge is -2.18. The maximum atomic E-state index is 12.5. The molecule has 0 saturated carbocycles. The molecule has 0 bridgehead atoms. The lowest BCUT2D eigenvalue weighted by atomic mass is 9.95. The summed E-state index contributed by atoms with van der Waals surface area (Å²) in [7, 11) is 1.56. The number of methoxy groups -OCH3 is 1. The van der Waals surface area contributed by atoms with Crippen molar-refractivity contribution in [2.45, 2.75) is 0 Å². The van der Waals surface area contributed by atoms with E-state index < -0.39 is 11.6 Å². The first-order valence-corrected chi connectivity index (χ1v) is 6.70. The topological polar surface area (TPSA) is 81.2 Å². The average molecular weight is 316 g/mol. The Labute approximate surface area is 130 Å². The Kier molecular flexibility index (Phi) is 3.60. The SMILES string of the molecule is COc1ccc(NC2=C(Cl)C(=O)c3cnncc3C2=O)cc1. The second-order valence-electron chi connectivity index (χ2n) is 4.52. The maximum absolute atomic E-state index is 12.5. The molecule has 3 rings (SSSR count). The van der Waals surface area contributed by atoms with Gasteiger partial charge in [-0.1, -0.05) is 11.6 Å². The number of allylic oxidation sites excluding steroid dienone is 2. The molecule has 1 aromatic carbocycles. The van der Waals surface area contributed by atoms with Gasteiger partial charge in [0.15, 0.2) is 0 Å². The van der Waals surface area contributed by atoms with Crippen LogP contribution in [0.1, 0.15) is 20.7 Å². The molecule has 0 amide bonds. The molecule has 0 aliphatic heterocycles. The molecule has 0 fully saturated rings. The Bertz CT molecular complexity index is 800. The minimum Gasteiger partial charge on any atom is -0.497 e. The lowest BCUT2D eigenvalue weighted by molar-refractivity contribution is 0.0981. The van der Waals surface area contributed by atoms with Gasteiger partial charge in [-0.2, -0.15) is 10.2 Å². The second-order valence-corrected chi connectivity index (χ2v) is 4.90. The molecular formula is C15H10ClN3O3. The molecule has 0 radical (unpaired) electrons. The van der Waals surface area contributed by atoms with Crippen LogP contribution in [0.2, 0.25) is 0 Å². The van der Waals surface area contributed by atoms with Crippen molar-refractivity contribution in [1.29, 1.82) is 0 Å². The first kappa shape index (κ1) is 14.2. The molecule has 1 aromatic heterocycles. The van der Waals surface area contributed by atoms with Crippen molar-refractivity contribution in [2.75, 3.05) is 12.4 Å². The number of carbonyl (C=O) groups is 2. The van der Waals surface area contributed by atoms with E-state index >= 15 is 0 Å². The van der Waals surface area contributed by atoms with Crippen LogP contribution >= 0.6 is 11.6 Å². The third-order valence-electron chi connectivity index (χ3n) is 3.23. The van der Waals surface area contributed by atoms with E-state index in [0.29, 0.717) is 11.4 Å². The van der Waals surface area contributed by atoms with Gasteiger partial charge in [0.2, 0.25) is 11.6 Å². The zero-order chi connectivity index (χ0) is 15.7. The fourth-order valence-corrected chi connectivity index (χ4v) is 2.31. The van der Waals surface area contributed by atoms with Crippen molar-refractivity contribution in [3.05, 3.63) is 58.5 Å². The van der Waals surface area contributed by atoms with Gasteiger partial charge in [0, 0.05) is 5.69 Å². The number of hydrogen-bond donors (Lipinski definition) is 1. The number of halogens is 1. The molecule has 1 N–H and O–H groups in total. The Balaban J connectivity index is 1.97. The summed E-state index contributed by atoms with van der Waals surface area (Å²) < 4.78 is 5.06. The van der Waals surface area contributed by atoms with Crippen LogP contribution < -0.4 is 10.1 Å². The molecule has 6 nitrogen and oxygen atoms in total. The Morgan fingerprint density at radius 3 is 2.18 bits per heavy atom. The van der Waals surface area contributed by atoms with Crippen LogP contribution in [-0.4, -0.2) is 28.9 Å². The summed E-state index contributed by atoms with van der Waals surface area (Å²) >= 11 is 6.04. The van der Waals surface area contributed by atoms with Gasteiger partial charge in [0.25, 0.3) is 0 Å². The van der Waals surface area contributed by atoms with Crippen molar-refractivity contribution in [3.63, 3.8) is 0 Å². The smallest absolute Gasteiger partial charge is 0.213 e. The van der Waals surface area contributed by atoms with Crippen molar-refractivity contribution >= 4 is 28.9 Å². The van der Waals surface area contributed by atoms with Crippen molar-refractivity contribution in [1.82, 2.24) is 10.2 Å². The van der Waals surface area contributed by atoms with Crippen LogP contribution in [-0.2, 0) is 0 Å². The molecule has 110 valence electrons. The first-order chi connectivity index (χ1) is 10.6. The number of hydrogen-bond acceptors (Lipinski definition) is 6. The van der Waals surface area contributed by atoms with E-state index in [1.165, 1.54) is 12.4 Å². The minimum absolute atomic E-state index is 0.0253. The Morgan fingerprint density at radius 1 is 1.00 bits per heavy atom. The lowest BCUT2D eigenvalue weighted by Crippen LogP contribution is -2.24. The number of carbonyl (C=O) groups excluding carboxylic acids is 2. The number of rotatable bonds is 3. The van der Waals surface area contributed by atoms with E-state index in [1.807, 2.05) is 0 Å². The average Bonchev–Trinajstić information content (AvgIpc) is 2.57. The summed E-state index contributed by atoms with van der Waals surface area (Å²) in [4.78, 5) is 24.6. The fraction of sp³-hybridized carbons (Fsp3) is 0.0667. The molecular weight excluding hydrogens is 306 g/mol. The number of fused-ring (bicyclic) bond motifs is 1. The Morgan fingerprint density at radius 2 is 1.59 bits per heavy atom. The maximum Gasteiger partial charge on any atom is 0.213 e. The van der Waals surface area contributed by atoms with Gasteiger partial charge in [-0.15, -0.1) is 0 Å². The summed E-state index contributed by atoms with van der Waals surface area (Å²) in [6.45, 7) is 0. The number of ketones is 2. The molecule has 2 aromatic rings. The number of nitrogens with one attached hydrogen (secondary N) is 1. The highest BCUT2D eigenvalue weighted by molar-refractivity contribution is 6.50. The molecule has 0 spiro atoms. The highest BCUT2D eigenvalue weighted by Crippen LogP contribution is 2.28. The van der Waals surface area contributed by atoms with Crippen LogP contribution in [0.4, 0.5) is 5.69 Å². The zero-order valence-electron chi connectivity index (χ0n) is 11.5. The summed E-state index contributed by atoms with van der Waals surface area (Å²) in [6, 6.07) is 6.89. The molecule has 1 aliphatic rings. The van der Waals surface area contributed by atoms with Gasteiger partial charge in [-0.05, 0) is 24.3 Å². The van der Waals surface area contributed by atoms with Crippen LogP contribution in [0.25, 0.3) is 0 Å². The molecule has 7 heteroatoms. The summed E-state index contributed by atoms with van der Waals surface area (Å²) in [5.41, 5.74) is 0.976. The minimum atomic E-state index is -0.456. The first-order valence-electron chi connectivity index (χ1n) is 6.32. The van der Waals surface area contributed by atoms with E-state index in [4.69, 9.17) is 16.3 Å². The predicted molar refractivity (Wildman–Crippen MR) is 80.2 cm³/mol. The fourth-order valence-electron chi connectivity index (χ4n) is 2.08. The number of Topliss-reactive ketones (excluding diaryl/α,β-unsaturated/α-hetero) is 2. The highest BCUT2D eigenvalue weighted by atomic mass is 35.5. The van der Waals surface area contributed by atoms with E-state index in [9.17, 15) is 9.59 Å². The van der Waals surface area contributed by atoms with Crippen molar-refractivity contribution < 1.29 is 14.3 Å². The summed E-state index contributed by atoms with van der Waals surface area (Å²) in [5, 5.41) is 9.96. The molecule has 22 heavy (non-hydrogen) atoms. The van der Waals surface area contributed by atoms with Crippen molar-refractivity contribution in [2.24, 2.45) is 0 Å². The van der Waals surface area contributed by atoms with E-state index in [1.54, 1.807) is 31.4 Å². The molecule has 1 aliphatic carbocycles. The van der Waals surface area contributed by atoms with E-state index in [0.717, 1.165) is 0 Å². The van der Waals surface area contributed by atoms with Crippen molar-refractivity contribution in [3.8, 4) is 5.75 Å². The van der Waals surface area contributed by atoms with Crippen LogP contribution in [0, 0.1) is 0 Å². The monoisotopic (exact) mass is 315 g/mol.